The first-order valence-electron chi connectivity index (χ1n) is 5.59. The molecule has 1 aliphatic rings. The van der Waals surface area contributed by atoms with Gasteiger partial charge in [-0.1, -0.05) is 6.42 Å². The summed E-state index contributed by atoms with van der Waals surface area (Å²) in [5.41, 5.74) is 6.31. The van der Waals surface area contributed by atoms with Crippen molar-refractivity contribution in [2.75, 3.05) is 5.32 Å². The predicted molar refractivity (Wildman–Crippen MR) is 75.3 cm³/mol. The summed E-state index contributed by atoms with van der Waals surface area (Å²) in [7, 11) is 0. The molecular weight excluding hydrogens is 322 g/mol. The quantitative estimate of drug-likeness (QED) is 0.871. The highest BCUT2D eigenvalue weighted by atomic mass is 79.9. The Morgan fingerprint density at radius 2 is 2.17 bits per heavy atom. The molecule has 2 unspecified atom stereocenters. The van der Waals surface area contributed by atoms with Crippen molar-refractivity contribution in [1.29, 1.82) is 0 Å². The minimum atomic E-state index is -0.390. The van der Waals surface area contributed by atoms with Crippen LogP contribution in [0.2, 0.25) is 0 Å². The summed E-state index contributed by atoms with van der Waals surface area (Å²) in [5.74, 6) is -0.656. The highest BCUT2D eigenvalue weighted by Crippen LogP contribution is 2.26. The number of carbonyl (C=O) groups excluding carboxylic acids is 1. The van der Waals surface area contributed by atoms with E-state index in [4.69, 9.17) is 5.73 Å². The van der Waals surface area contributed by atoms with Crippen LogP contribution in [-0.4, -0.2) is 11.9 Å². The molecule has 0 bridgehead atoms. The molecule has 1 aromatic rings. The van der Waals surface area contributed by atoms with Gasteiger partial charge in [0.1, 0.15) is 5.82 Å². The van der Waals surface area contributed by atoms with Gasteiger partial charge in [0.25, 0.3) is 0 Å². The van der Waals surface area contributed by atoms with Gasteiger partial charge < -0.3 is 11.1 Å². The van der Waals surface area contributed by atoms with Crippen molar-refractivity contribution in [1.82, 2.24) is 0 Å². The molecule has 1 amide bonds. The highest BCUT2D eigenvalue weighted by molar-refractivity contribution is 9.10. The Morgan fingerprint density at radius 1 is 1.44 bits per heavy atom. The normalized spacial score (nSPS) is 22.4. The fourth-order valence-electron chi connectivity index (χ4n) is 2.12. The Morgan fingerprint density at radius 3 is 2.72 bits per heavy atom. The molecule has 1 fully saturated rings. The number of nitrogens with one attached hydrogen (secondary N) is 1. The SMILES string of the molecule is Cl.NC1CCCC1C(=O)Nc1ccc(Br)c(F)c1. The molecule has 6 heteroatoms. The van der Waals surface area contributed by atoms with Gasteiger partial charge in [-0.3, -0.25) is 4.79 Å². The van der Waals surface area contributed by atoms with Gasteiger partial charge in [-0.25, -0.2) is 4.39 Å². The number of hydrogen-bond donors (Lipinski definition) is 2. The molecule has 2 atom stereocenters. The smallest absolute Gasteiger partial charge is 0.229 e. The molecule has 0 spiro atoms. The van der Waals surface area contributed by atoms with Crippen molar-refractivity contribution in [2.45, 2.75) is 25.3 Å². The first kappa shape index (κ1) is 15.4. The van der Waals surface area contributed by atoms with E-state index < -0.39 is 5.82 Å². The van der Waals surface area contributed by atoms with Crippen LogP contribution in [0.5, 0.6) is 0 Å². The summed E-state index contributed by atoms with van der Waals surface area (Å²) < 4.78 is 13.6. The molecular formula is C12H15BrClFN2O. The second kappa shape index (κ2) is 6.50. The average molecular weight is 338 g/mol. The van der Waals surface area contributed by atoms with Crippen LogP contribution in [-0.2, 0) is 4.79 Å². The van der Waals surface area contributed by atoms with Gasteiger partial charge >= 0.3 is 0 Å². The Bertz CT molecular complexity index is 444. The number of halogens is 3. The maximum absolute atomic E-state index is 13.3. The number of carbonyl (C=O) groups is 1. The summed E-state index contributed by atoms with van der Waals surface area (Å²) in [6.45, 7) is 0. The van der Waals surface area contributed by atoms with Gasteiger partial charge in [0.2, 0.25) is 5.91 Å². The van der Waals surface area contributed by atoms with E-state index in [2.05, 4.69) is 21.2 Å². The number of hydrogen-bond acceptors (Lipinski definition) is 2. The first-order valence-corrected chi connectivity index (χ1v) is 6.38. The fraction of sp³-hybridized carbons (Fsp3) is 0.417. The maximum Gasteiger partial charge on any atom is 0.229 e. The van der Waals surface area contributed by atoms with Crippen LogP contribution in [0.3, 0.4) is 0 Å². The summed E-state index contributed by atoms with van der Waals surface area (Å²) >= 11 is 3.06. The first-order chi connectivity index (χ1) is 8.08. The molecule has 0 aromatic heterocycles. The molecule has 1 saturated carbocycles. The lowest BCUT2D eigenvalue weighted by molar-refractivity contribution is -0.120. The van der Waals surface area contributed by atoms with E-state index in [0.717, 1.165) is 19.3 Å². The molecule has 1 aromatic carbocycles. The van der Waals surface area contributed by atoms with Crippen LogP contribution in [0.4, 0.5) is 10.1 Å². The van der Waals surface area contributed by atoms with Crippen molar-refractivity contribution in [3.63, 3.8) is 0 Å². The van der Waals surface area contributed by atoms with Crippen LogP contribution in [0.25, 0.3) is 0 Å². The zero-order valence-electron chi connectivity index (χ0n) is 9.66. The fourth-order valence-corrected chi connectivity index (χ4v) is 2.37. The molecule has 0 radical (unpaired) electrons. The topological polar surface area (TPSA) is 55.1 Å². The van der Waals surface area contributed by atoms with Gasteiger partial charge in [0.15, 0.2) is 0 Å². The van der Waals surface area contributed by atoms with E-state index in [1.165, 1.54) is 6.07 Å². The summed E-state index contributed by atoms with van der Waals surface area (Å²) in [4.78, 5) is 11.9. The Balaban J connectivity index is 0.00000162. The molecule has 0 heterocycles. The average Bonchev–Trinajstić information content (AvgIpc) is 2.70. The second-order valence-electron chi connectivity index (χ2n) is 4.32. The monoisotopic (exact) mass is 336 g/mol. The van der Waals surface area contributed by atoms with E-state index in [0.29, 0.717) is 10.2 Å². The van der Waals surface area contributed by atoms with E-state index in [1.807, 2.05) is 0 Å². The third kappa shape index (κ3) is 3.43. The van der Waals surface area contributed by atoms with Gasteiger partial charge in [-0.2, -0.15) is 0 Å². The molecule has 3 N–H and O–H groups in total. The summed E-state index contributed by atoms with van der Waals surface area (Å²) in [6.07, 6.45) is 2.67. The van der Waals surface area contributed by atoms with Gasteiger partial charge in [-0.05, 0) is 47.0 Å². The number of benzene rings is 1. The number of nitrogens with two attached hydrogens (primary N) is 1. The highest BCUT2D eigenvalue weighted by Gasteiger charge is 2.30. The van der Waals surface area contributed by atoms with E-state index in [9.17, 15) is 9.18 Å². The lowest BCUT2D eigenvalue weighted by Gasteiger charge is -2.15. The van der Waals surface area contributed by atoms with Crippen molar-refractivity contribution in [3.8, 4) is 0 Å². The van der Waals surface area contributed by atoms with E-state index >= 15 is 0 Å². The Labute approximate surface area is 120 Å². The molecule has 0 saturated heterocycles. The molecule has 1 aliphatic carbocycles. The number of amides is 1. The third-order valence-corrected chi connectivity index (χ3v) is 3.74. The van der Waals surface area contributed by atoms with Gasteiger partial charge in [0, 0.05) is 11.7 Å². The second-order valence-corrected chi connectivity index (χ2v) is 5.17. The molecule has 100 valence electrons. The van der Waals surface area contributed by atoms with Crippen LogP contribution >= 0.6 is 28.3 Å². The number of anilines is 1. The van der Waals surface area contributed by atoms with Crippen molar-refractivity contribution >= 4 is 39.9 Å². The van der Waals surface area contributed by atoms with Crippen LogP contribution < -0.4 is 11.1 Å². The van der Waals surface area contributed by atoms with E-state index in [-0.39, 0.29) is 30.3 Å². The van der Waals surface area contributed by atoms with Crippen molar-refractivity contribution < 1.29 is 9.18 Å². The van der Waals surface area contributed by atoms with Crippen molar-refractivity contribution in [3.05, 3.63) is 28.5 Å². The molecule has 3 nitrogen and oxygen atoms in total. The largest absolute Gasteiger partial charge is 0.327 e. The molecule has 18 heavy (non-hydrogen) atoms. The lowest BCUT2D eigenvalue weighted by Crippen LogP contribution is -2.34. The summed E-state index contributed by atoms with van der Waals surface area (Å²) in [5, 5.41) is 2.70. The van der Waals surface area contributed by atoms with E-state index in [1.54, 1.807) is 12.1 Å². The molecule has 0 aliphatic heterocycles. The van der Waals surface area contributed by atoms with Crippen molar-refractivity contribution in [2.24, 2.45) is 11.7 Å². The Hall–Kier alpha value is -0.650. The zero-order valence-corrected chi connectivity index (χ0v) is 12.1. The minimum Gasteiger partial charge on any atom is -0.327 e. The van der Waals surface area contributed by atoms with Gasteiger partial charge in [-0.15, -0.1) is 12.4 Å². The summed E-state index contributed by atoms with van der Waals surface area (Å²) in [6, 6.07) is 4.45. The van der Waals surface area contributed by atoms with Gasteiger partial charge in [0.05, 0.1) is 10.4 Å². The van der Waals surface area contributed by atoms with Crippen LogP contribution in [0.15, 0.2) is 22.7 Å². The van der Waals surface area contributed by atoms with Crippen LogP contribution in [0.1, 0.15) is 19.3 Å². The van der Waals surface area contributed by atoms with Crippen LogP contribution in [0, 0.1) is 11.7 Å². The maximum atomic E-state index is 13.3. The standard InChI is InChI=1S/C12H14BrFN2O.ClH/c13-9-5-4-7(6-10(9)14)16-12(17)8-2-1-3-11(8)15;/h4-6,8,11H,1-3,15H2,(H,16,17);1H. The lowest BCUT2D eigenvalue weighted by atomic mass is 10.0. The minimum absolute atomic E-state index is 0. The Kier molecular flexibility index (Phi) is 5.56. The predicted octanol–water partition coefficient (Wildman–Crippen LogP) is 3.08. The molecule has 2 rings (SSSR count). The third-order valence-electron chi connectivity index (χ3n) is 3.09. The number of rotatable bonds is 2. The zero-order chi connectivity index (χ0) is 12.4.